The average molecular weight is 285 g/mol. The Kier molecular flexibility index (Phi) is 4.17. The largest absolute Gasteiger partial charge is 0.292 e. The van der Waals surface area contributed by atoms with Gasteiger partial charge in [0, 0.05) is 11.6 Å². The number of carbonyl (C=O) groups is 1. The summed E-state index contributed by atoms with van der Waals surface area (Å²) in [7, 11) is 0. The molecule has 1 heterocycles. The highest BCUT2D eigenvalue weighted by Crippen LogP contribution is 2.38. The maximum Gasteiger partial charge on any atom is 0.179 e. The fraction of sp³-hybridized carbons (Fsp3) is 0.632. The molecule has 3 atom stereocenters. The van der Waals surface area contributed by atoms with Crippen LogP contribution in [0.15, 0.2) is 18.2 Å². The van der Waals surface area contributed by atoms with Crippen LogP contribution in [0, 0.1) is 19.8 Å². The molecule has 2 aliphatic rings. The Morgan fingerprint density at radius 1 is 1.19 bits per heavy atom. The molecule has 114 valence electrons. The highest BCUT2D eigenvalue weighted by atomic mass is 16.1. The molecule has 2 heteroatoms. The van der Waals surface area contributed by atoms with E-state index in [9.17, 15) is 4.79 Å². The lowest BCUT2D eigenvalue weighted by Crippen LogP contribution is -2.50. The summed E-state index contributed by atoms with van der Waals surface area (Å²) in [5.74, 6) is 1.15. The summed E-state index contributed by atoms with van der Waals surface area (Å²) in [5.41, 5.74) is 3.20. The molecule has 3 unspecified atom stereocenters. The maximum absolute atomic E-state index is 13.0. The van der Waals surface area contributed by atoms with E-state index in [1.54, 1.807) is 0 Å². The average Bonchev–Trinajstić information content (AvgIpc) is 2.96. The second-order valence-corrected chi connectivity index (χ2v) is 7.00. The van der Waals surface area contributed by atoms with Crippen molar-refractivity contribution in [3.63, 3.8) is 0 Å². The third kappa shape index (κ3) is 2.78. The van der Waals surface area contributed by atoms with Crippen molar-refractivity contribution < 1.29 is 4.79 Å². The van der Waals surface area contributed by atoms with Crippen molar-refractivity contribution in [2.75, 3.05) is 6.54 Å². The van der Waals surface area contributed by atoms with E-state index in [4.69, 9.17) is 0 Å². The first-order valence-corrected chi connectivity index (χ1v) is 8.45. The normalized spacial score (nSPS) is 27.4. The lowest BCUT2D eigenvalue weighted by atomic mass is 9.89. The molecule has 0 bridgehead atoms. The van der Waals surface area contributed by atoms with E-state index in [0.717, 1.165) is 23.6 Å². The number of ketones is 1. The van der Waals surface area contributed by atoms with Crippen LogP contribution in [-0.4, -0.2) is 29.3 Å². The number of rotatable bonds is 3. The Hall–Kier alpha value is -1.15. The third-order valence-electron chi connectivity index (χ3n) is 5.57. The van der Waals surface area contributed by atoms with Crippen molar-refractivity contribution in [1.29, 1.82) is 0 Å². The van der Waals surface area contributed by atoms with Crippen molar-refractivity contribution >= 4 is 5.78 Å². The van der Waals surface area contributed by atoms with Gasteiger partial charge in [0.15, 0.2) is 5.78 Å². The van der Waals surface area contributed by atoms with Crippen molar-refractivity contribution in [1.82, 2.24) is 4.90 Å². The first-order chi connectivity index (χ1) is 10.1. The van der Waals surface area contributed by atoms with Crippen LogP contribution in [-0.2, 0) is 0 Å². The van der Waals surface area contributed by atoms with Crippen LogP contribution < -0.4 is 0 Å². The zero-order valence-electron chi connectivity index (χ0n) is 13.6. The monoisotopic (exact) mass is 285 g/mol. The maximum atomic E-state index is 13.0. The van der Waals surface area contributed by atoms with Gasteiger partial charge in [-0.3, -0.25) is 9.69 Å². The molecule has 1 aliphatic heterocycles. The van der Waals surface area contributed by atoms with Crippen molar-refractivity contribution in [3.05, 3.63) is 34.9 Å². The van der Waals surface area contributed by atoms with Crippen molar-refractivity contribution in [2.45, 2.75) is 65.0 Å². The number of carbonyl (C=O) groups excluding carboxylic acids is 1. The Bertz CT molecular complexity index is 536. The van der Waals surface area contributed by atoms with Gasteiger partial charge in [0.2, 0.25) is 0 Å². The number of Topliss-reactive ketones (excluding diaryl/α,β-unsaturated/α-hetero) is 1. The standard InChI is InChI=1S/C19H27NO/c1-13-9-10-14(2)17(12-13)19(21)15(3)20-11-5-7-16-6-4-8-18(16)20/h9-10,12,15-16,18H,4-8,11H2,1-3H3. The molecule has 0 spiro atoms. The smallest absolute Gasteiger partial charge is 0.179 e. The molecule has 3 rings (SSSR count). The lowest BCUT2D eigenvalue weighted by Gasteiger charge is -2.41. The molecule has 0 radical (unpaired) electrons. The topological polar surface area (TPSA) is 20.3 Å². The highest BCUT2D eigenvalue weighted by molar-refractivity contribution is 6.01. The first-order valence-electron chi connectivity index (χ1n) is 8.45. The van der Waals surface area contributed by atoms with E-state index in [0.29, 0.717) is 11.8 Å². The number of piperidine rings is 1. The second kappa shape index (κ2) is 5.92. The SMILES string of the molecule is Cc1ccc(C)c(C(=O)C(C)N2CCCC3CCCC32)c1. The van der Waals surface area contributed by atoms with Crippen molar-refractivity contribution in [2.24, 2.45) is 5.92 Å². The van der Waals surface area contributed by atoms with Gasteiger partial charge in [-0.25, -0.2) is 0 Å². The molecular formula is C19H27NO. The number of aryl methyl sites for hydroxylation is 2. The molecule has 0 N–H and O–H groups in total. The van der Waals surface area contributed by atoms with E-state index in [-0.39, 0.29) is 6.04 Å². The van der Waals surface area contributed by atoms with Crippen LogP contribution in [0.2, 0.25) is 0 Å². The minimum Gasteiger partial charge on any atom is -0.292 e. The van der Waals surface area contributed by atoms with Gasteiger partial charge in [0.1, 0.15) is 0 Å². The van der Waals surface area contributed by atoms with Gasteiger partial charge in [0.25, 0.3) is 0 Å². The van der Waals surface area contributed by atoms with E-state index >= 15 is 0 Å². The molecule has 21 heavy (non-hydrogen) atoms. The minimum absolute atomic E-state index is 0.0244. The fourth-order valence-corrected chi connectivity index (χ4v) is 4.35. The van der Waals surface area contributed by atoms with Gasteiger partial charge in [-0.2, -0.15) is 0 Å². The molecule has 0 aromatic heterocycles. The summed E-state index contributed by atoms with van der Waals surface area (Å²) in [6.45, 7) is 7.33. The summed E-state index contributed by atoms with van der Waals surface area (Å²) in [6, 6.07) is 6.90. The number of nitrogens with zero attached hydrogens (tertiary/aromatic N) is 1. The van der Waals surface area contributed by atoms with Crippen LogP contribution in [0.1, 0.15) is 60.5 Å². The predicted molar refractivity (Wildman–Crippen MR) is 86.8 cm³/mol. The van der Waals surface area contributed by atoms with Crippen LogP contribution in [0.25, 0.3) is 0 Å². The summed E-state index contributed by atoms with van der Waals surface area (Å²) in [6.07, 6.45) is 6.62. The molecule has 0 amide bonds. The number of benzene rings is 1. The van der Waals surface area contributed by atoms with E-state index < -0.39 is 0 Å². The van der Waals surface area contributed by atoms with E-state index in [2.05, 4.69) is 36.9 Å². The van der Waals surface area contributed by atoms with Crippen LogP contribution in [0.3, 0.4) is 0 Å². The van der Waals surface area contributed by atoms with E-state index in [1.165, 1.54) is 37.7 Å². The molecule has 1 aromatic rings. The van der Waals surface area contributed by atoms with Crippen LogP contribution >= 0.6 is 0 Å². The number of hydrogen-bond acceptors (Lipinski definition) is 2. The number of fused-ring (bicyclic) bond motifs is 1. The molecule has 1 aromatic carbocycles. The molecule has 1 aliphatic carbocycles. The van der Waals surface area contributed by atoms with Gasteiger partial charge in [-0.15, -0.1) is 0 Å². The van der Waals surface area contributed by atoms with Crippen LogP contribution in [0.4, 0.5) is 0 Å². The Labute approximate surface area is 128 Å². The minimum atomic E-state index is 0.0244. The van der Waals surface area contributed by atoms with Gasteiger partial charge in [-0.05, 0) is 70.5 Å². The lowest BCUT2D eigenvalue weighted by molar-refractivity contribution is 0.0564. The second-order valence-electron chi connectivity index (χ2n) is 7.00. The van der Waals surface area contributed by atoms with Crippen molar-refractivity contribution in [3.8, 4) is 0 Å². The Morgan fingerprint density at radius 2 is 1.95 bits per heavy atom. The quantitative estimate of drug-likeness (QED) is 0.778. The summed E-state index contributed by atoms with van der Waals surface area (Å²) >= 11 is 0. The third-order valence-corrected chi connectivity index (χ3v) is 5.57. The molecule has 1 saturated carbocycles. The van der Waals surface area contributed by atoms with Gasteiger partial charge in [0.05, 0.1) is 6.04 Å². The van der Waals surface area contributed by atoms with Gasteiger partial charge < -0.3 is 0 Å². The molecule has 2 fully saturated rings. The summed E-state index contributed by atoms with van der Waals surface area (Å²) in [5, 5.41) is 0. The zero-order chi connectivity index (χ0) is 15.0. The summed E-state index contributed by atoms with van der Waals surface area (Å²) < 4.78 is 0. The number of likely N-dealkylation sites (tertiary alicyclic amines) is 1. The first kappa shape index (κ1) is 14.8. The Balaban J connectivity index is 1.82. The fourth-order valence-electron chi connectivity index (χ4n) is 4.35. The van der Waals surface area contributed by atoms with Gasteiger partial charge in [-0.1, -0.05) is 24.1 Å². The number of hydrogen-bond donors (Lipinski definition) is 0. The van der Waals surface area contributed by atoms with Crippen LogP contribution in [0.5, 0.6) is 0 Å². The molecular weight excluding hydrogens is 258 g/mol. The predicted octanol–water partition coefficient (Wildman–Crippen LogP) is 4.14. The highest BCUT2D eigenvalue weighted by Gasteiger charge is 2.38. The zero-order valence-corrected chi connectivity index (χ0v) is 13.6. The molecule has 1 saturated heterocycles. The summed E-state index contributed by atoms with van der Waals surface area (Å²) in [4.78, 5) is 15.5. The molecule has 2 nitrogen and oxygen atoms in total. The Morgan fingerprint density at radius 3 is 2.76 bits per heavy atom. The van der Waals surface area contributed by atoms with Gasteiger partial charge >= 0.3 is 0 Å². The van der Waals surface area contributed by atoms with E-state index in [1.807, 2.05) is 6.92 Å².